The summed E-state index contributed by atoms with van der Waals surface area (Å²) in [6, 6.07) is 9.88. The number of nitrogens with two attached hydrogens (primary N) is 1. The zero-order valence-electron chi connectivity index (χ0n) is 9.74. The van der Waals surface area contributed by atoms with Gasteiger partial charge in [0.1, 0.15) is 5.69 Å². The molecule has 0 aliphatic heterocycles. The highest BCUT2D eigenvalue weighted by Gasteiger charge is 2.11. The van der Waals surface area contributed by atoms with Crippen molar-refractivity contribution in [1.82, 2.24) is 4.98 Å². The minimum Gasteiger partial charge on any atom is -0.478 e. The topological polar surface area (TPSA) is 93.3 Å². The molecular formula is C13H10N2O3S. The van der Waals surface area contributed by atoms with Gasteiger partial charge in [0.25, 0.3) is 5.91 Å². The van der Waals surface area contributed by atoms with Crippen LogP contribution in [0.4, 0.5) is 0 Å². The van der Waals surface area contributed by atoms with E-state index < -0.39 is 11.9 Å². The van der Waals surface area contributed by atoms with Crippen LogP contribution >= 0.6 is 11.8 Å². The first-order valence-electron chi connectivity index (χ1n) is 5.34. The van der Waals surface area contributed by atoms with Gasteiger partial charge >= 0.3 is 5.97 Å². The van der Waals surface area contributed by atoms with Crippen molar-refractivity contribution < 1.29 is 14.7 Å². The molecule has 1 aromatic heterocycles. The first-order chi connectivity index (χ1) is 9.08. The van der Waals surface area contributed by atoms with Gasteiger partial charge < -0.3 is 10.8 Å². The Bertz CT molecular complexity index is 643. The molecule has 6 heteroatoms. The van der Waals surface area contributed by atoms with Gasteiger partial charge in [-0.2, -0.15) is 0 Å². The third-order valence-corrected chi connectivity index (χ3v) is 3.39. The van der Waals surface area contributed by atoms with Gasteiger partial charge in [0.15, 0.2) is 0 Å². The fourth-order valence-electron chi connectivity index (χ4n) is 1.47. The molecule has 0 saturated carbocycles. The van der Waals surface area contributed by atoms with Crippen molar-refractivity contribution in [3.05, 3.63) is 53.9 Å². The van der Waals surface area contributed by atoms with E-state index >= 15 is 0 Å². The fraction of sp³-hybridized carbons (Fsp3) is 0. The molecule has 2 aromatic rings. The molecule has 1 aromatic carbocycles. The van der Waals surface area contributed by atoms with Gasteiger partial charge in [0.05, 0.1) is 5.56 Å². The van der Waals surface area contributed by atoms with Crippen LogP contribution in [0.3, 0.4) is 0 Å². The van der Waals surface area contributed by atoms with Crippen molar-refractivity contribution in [3.8, 4) is 0 Å². The quantitative estimate of drug-likeness (QED) is 0.889. The number of carboxylic acids is 1. The molecule has 2 rings (SSSR count). The largest absolute Gasteiger partial charge is 0.478 e. The molecule has 0 atom stereocenters. The van der Waals surface area contributed by atoms with E-state index in [-0.39, 0.29) is 11.3 Å². The van der Waals surface area contributed by atoms with Crippen molar-refractivity contribution >= 4 is 23.6 Å². The SMILES string of the molecule is NC(=O)c1cc(Sc2ccccc2C(=O)O)ccn1. The number of aromatic nitrogens is 1. The summed E-state index contributed by atoms with van der Waals surface area (Å²) in [5, 5.41) is 9.09. The van der Waals surface area contributed by atoms with Crippen LogP contribution < -0.4 is 5.73 Å². The summed E-state index contributed by atoms with van der Waals surface area (Å²) in [4.78, 5) is 27.3. The highest BCUT2D eigenvalue weighted by molar-refractivity contribution is 7.99. The summed E-state index contributed by atoms with van der Waals surface area (Å²) in [6.45, 7) is 0. The number of rotatable bonds is 4. The second-order valence-corrected chi connectivity index (χ2v) is 4.76. The third-order valence-electron chi connectivity index (χ3n) is 2.33. The standard InChI is InChI=1S/C13H10N2O3S/c14-12(16)10-7-8(5-6-15-10)19-11-4-2-1-3-9(11)13(17)18/h1-7H,(H2,14,16)(H,17,18). The maximum Gasteiger partial charge on any atom is 0.336 e. The van der Waals surface area contributed by atoms with Crippen LogP contribution in [-0.4, -0.2) is 22.0 Å². The fourth-order valence-corrected chi connectivity index (χ4v) is 2.43. The molecule has 96 valence electrons. The van der Waals surface area contributed by atoms with Gasteiger partial charge in [-0.25, -0.2) is 4.79 Å². The highest BCUT2D eigenvalue weighted by Crippen LogP contribution is 2.30. The number of benzene rings is 1. The lowest BCUT2D eigenvalue weighted by molar-refractivity contribution is 0.0693. The van der Waals surface area contributed by atoms with Crippen LogP contribution in [-0.2, 0) is 0 Å². The number of carbonyl (C=O) groups is 2. The monoisotopic (exact) mass is 274 g/mol. The number of amides is 1. The minimum atomic E-state index is -0.993. The Kier molecular flexibility index (Phi) is 3.82. The van der Waals surface area contributed by atoms with Crippen molar-refractivity contribution in [2.24, 2.45) is 5.73 Å². The Labute approximate surface area is 113 Å². The average molecular weight is 274 g/mol. The van der Waals surface area contributed by atoms with Gasteiger partial charge in [-0.05, 0) is 24.3 Å². The maximum absolute atomic E-state index is 11.1. The van der Waals surface area contributed by atoms with Gasteiger partial charge in [0.2, 0.25) is 0 Å². The summed E-state index contributed by atoms with van der Waals surface area (Å²) < 4.78 is 0. The van der Waals surface area contributed by atoms with E-state index in [0.717, 1.165) is 0 Å². The Morgan fingerprint density at radius 2 is 1.95 bits per heavy atom. The summed E-state index contributed by atoms with van der Waals surface area (Å²) >= 11 is 1.25. The number of hydrogen-bond donors (Lipinski definition) is 2. The van der Waals surface area contributed by atoms with E-state index in [2.05, 4.69) is 4.98 Å². The predicted molar refractivity (Wildman–Crippen MR) is 70.3 cm³/mol. The number of aromatic carboxylic acids is 1. The lowest BCUT2D eigenvalue weighted by atomic mass is 10.2. The van der Waals surface area contributed by atoms with Crippen LogP contribution in [0.5, 0.6) is 0 Å². The molecule has 0 aliphatic carbocycles. The minimum absolute atomic E-state index is 0.151. The molecule has 1 heterocycles. The van der Waals surface area contributed by atoms with Crippen molar-refractivity contribution in [3.63, 3.8) is 0 Å². The van der Waals surface area contributed by atoms with Crippen LogP contribution in [0.15, 0.2) is 52.4 Å². The van der Waals surface area contributed by atoms with Crippen LogP contribution in [0.1, 0.15) is 20.8 Å². The zero-order chi connectivity index (χ0) is 13.8. The first-order valence-corrected chi connectivity index (χ1v) is 6.15. The Morgan fingerprint density at radius 1 is 1.21 bits per heavy atom. The van der Waals surface area contributed by atoms with Crippen LogP contribution in [0, 0.1) is 0 Å². The summed E-state index contributed by atoms with van der Waals surface area (Å²) in [5.41, 5.74) is 5.51. The number of pyridine rings is 1. The Balaban J connectivity index is 2.34. The van der Waals surface area contributed by atoms with Gasteiger partial charge in [-0.1, -0.05) is 23.9 Å². The summed E-state index contributed by atoms with van der Waals surface area (Å²) in [6.07, 6.45) is 1.46. The lowest BCUT2D eigenvalue weighted by Gasteiger charge is -2.05. The third kappa shape index (κ3) is 3.11. The molecule has 0 fully saturated rings. The highest BCUT2D eigenvalue weighted by atomic mass is 32.2. The average Bonchev–Trinajstić information content (AvgIpc) is 2.39. The molecule has 5 nitrogen and oxygen atoms in total. The molecule has 0 unspecified atom stereocenters. The van der Waals surface area contributed by atoms with Crippen LogP contribution in [0.2, 0.25) is 0 Å². The van der Waals surface area contributed by atoms with E-state index in [4.69, 9.17) is 10.8 Å². The molecule has 0 bridgehead atoms. The maximum atomic E-state index is 11.1. The number of nitrogens with zero attached hydrogens (tertiary/aromatic N) is 1. The lowest BCUT2D eigenvalue weighted by Crippen LogP contribution is -2.12. The number of primary amides is 1. The predicted octanol–water partition coefficient (Wildman–Crippen LogP) is 2.03. The number of carbonyl (C=O) groups excluding carboxylic acids is 1. The first kappa shape index (κ1) is 13.1. The van der Waals surface area contributed by atoms with E-state index in [9.17, 15) is 9.59 Å². The van der Waals surface area contributed by atoms with E-state index in [0.29, 0.717) is 9.79 Å². The van der Waals surface area contributed by atoms with E-state index in [1.165, 1.54) is 30.1 Å². The Morgan fingerprint density at radius 3 is 2.63 bits per heavy atom. The molecule has 0 spiro atoms. The second-order valence-electron chi connectivity index (χ2n) is 3.64. The van der Waals surface area contributed by atoms with Crippen molar-refractivity contribution in [1.29, 1.82) is 0 Å². The number of carboxylic acid groups (broad SMARTS) is 1. The van der Waals surface area contributed by atoms with Gasteiger partial charge in [-0.15, -0.1) is 0 Å². The molecular weight excluding hydrogens is 264 g/mol. The van der Waals surface area contributed by atoms with Gasteiger partial charge in [-0.3, -0.25) is 9.78 Å². The molecule has 3 N–H and O–H groups in total. The molecule has 0 radical (unpaired) electrons. The normalized spacial score (nSPS) is 10.1. The second kappa shape index (κ2) is 5.53. The smallest absolute Gasteiger partial charge is 0.336 e. The van der Waals surface area contributed by atoms with Gasteiger partial charge in [0, 0.05) is 16.0 Å². The molecule has 0 aliphatic rings. The van der Waals surface area contributed by atoms with E-state index in [1.54, 1.807) is 24.3 Å². The van der Waals surface area contributed by atoms with E-state index in [1.807, 2.05) is 0 Å². The number of hydrogen-bond acceptors (Lipinski definition) is 4. The van der Waals surface area contributed by atoms with Crippen molar-refractivity contribution in [2.75, 3.05) is 0 Å². The summed E-state index contributed by atoms with van der Waals surface area (Å²) in [5.74, 6) is -1.61. The Hall–Kier alpha value is -2.34. The molecule has 19 heavy (non-hydrogen) atoms. The molecule has 1 amide bonds. The van der Waals surface area contributed by atoms with Crippen molar-refractivity contribution in [2.45, 2.75) is 9.79 Å². The molecule has 0 saturated heterocycles. The van der Waals surface area contributed by atoms with Crippen LogP contribution in [0.25, 0.3) is 0 Å². The summed E-state index contributed by atoms with van der Waals surface area (Å²) in [7, 11) is 0. The zero-order valence-corrected chi connectivity index (χ0v) is 10.6.